The van der Waals surface area contributed by atoms with Crippen molar-refractivity contribution in [2.45, 2.75) is 18.2 Å². The summed E-state index contributed by atoms with van der Waals surface area (Å²) in [5.74, 6) is 0.518. The Morgan fingerprint density at radius 3 is 2.82 bits per heavy atom. The van der Waals surface area contributed by atoms with Crippen molar-refractivity contribution >= 4 is 21.4 Å². The van der Waals surface area contributed by atoms with Gasteiger partial charge in [0.2, 0.25) is 5.09 Å². The van der Waals surface area contributed by atoms with Gasteiger partial charge in [0.15, 0.2) is 0 Å². The summed E-state index contributed by atoms with van der Waals surface area (Å²) < 4.78 is 27.0. The van der Waals surface area contributed by atoms with Crippen LogP contribution in [0.25, 0.3) is 0 Å². The molecule has 2 aromatic heterocycles. The third kappa shape index (κ3) is 3.37. The van der Waals surface area contributed by atoms with E-state index in [1.165, 1.54) is 17.4 Å². The summed E-state index contributed by atoms with van der Waals surface area (Å²) >= 11 is 1.52. The first-order valence-corrected chi connectivity index (χ1v) is 7.24. The van der Waals surface area contributed by atoms with E-state index in [-0.39, 0.29) is 5.09 Å². The second-order valence-corrected chi connectivity index (χ2v) is 5.56. The highest BCUT2D eigenvalue weighted by Gasteiger charge is 2.12. The second-order valence-electron chi connectivity index (χ2n) is 3.35. The van der Waals surface area contributed by atoms with Gasteiger partial charge in [0, 0.05) is 11.9 Å². The Kier molecular flexibility index (Phi) is 3.57. The van der Waals surface area contributed by atoms with Crippen LogP contribution in [0.3, 0.4) is 0 Å². The monoisotopic (exact) mass is 273 g/mol. The van der Waals surface area contributed by atoms with Crippen molar-refractivity contribution in [3.05, 3.63) is 34.5 Å². The lowest BCUT2D eigenvalue weighted by atomic mass is 10.4. The van der Waals surface area contributed by atoms with Crippen molar-refractivity contribution in [1.29, 1.82) is 0 Å². The van der Waals surface area contributed by atoms with Crippen LogP contribution in [-0.2, 0) is 23.1 Å². The molecule has 0 atom stereocenters. The molecule has 0 amide bonds. The van der Waals surface area contributed by atoms with Gasteiger partial charge in [-0.3, -0.25) is 0 Å². The summed E-state index contributed by atoms with van der Waals surface area (Å²) in [5.41, 5.74) is 2.69. The van der Waals surface area contributed by atoms with Gasteiger partial charge in [0.05, 0.1) is 17.7 Å². The summed E-state index contributed by atoms with van der Waals surface area (Å²) in [6.45, 7) is 1.03. The molecule has 2 aromatic rings. The molecule has 0 aromatic carbocycles. The van der Waals surface area contributed by atoms with E-state index in [0.717, 1.165) is 5.69 Å². The molecule has 2 heterocycles. The predicted octanol–water partition coefficient (Wildman–Crippen LogP) is 0.673. The zero-order chi connectivity index (χ0) is 12.3. The number of nitrogens with one attached hydrogen (secondary N) is 1. The molecule has 0 unspecified atom stereocenters. The van der Waals surface area contributed by atoms with Crippen molar-refractivity contribution in [1.82, 2.24) is 10.3 Å². The summed E-state index contributed by atoms with van der Waals surface area (Å²) in [5, 5.41) is 9.72. The number of furan rings is 1. The number of thiazole rings is 1. The molecule has 2 rings (SSSR count). The summed E-state index contributed by atoms with van der Waals surface area (Å²) in [6, 6.07) is 2.92. The van der Waals surface area contributed by atoms with E-state index < -0.39 is 10.0 Å². The number of hydrogen-bond donors (Lipinski definition) is 2. The molecule has 0 radical (unpaired) electrons. The van der Waals surface area contributed by atoms with Gasteiger partial charge in [-0.2, -0.15) is 0 Å². The zero-order valence-electron chi connectivity index (χ0n) is 8.79. The minimum absolute atomic E-state index is 0.219. The Morgan fingerprint density at radius 2 is 2.24 bits per heavy atom. The molecule has 17 heavy (non-hydrogen) atoms. The maximum absolute atomic E-state index is 11.0. The Morgan fingerprint density at radius 1 is 1.41 bits per heavy atom. The average Bonchev–Trinajstić information content (AvgIpc) is 2.86. The summed E-state index contributed by atoms with van der Waals surface area (Å²) in [7, 11) is -3.76. The summed E-state index contributed by atoms with van der Waals surface area (Å²) in [4.78, 5) is 4.10. The molecule has 0 aliphatic heterocycles. The fourth-order valence-electron chi connectivity index (χ4n) is 1.24. The highest BCUT2D eigenvalue weighted by molar-refractivity contribution is 7.89. The number of primary sulfonamides is 1. The van der Waals surface area contributed by atoms with Crippen LogP contribution in [0.5, 0.6) is 0 Å². The van der Waals surface area contributed by atoms with Gasteiger partial charge in [0.1, 0.15) is 5.76 Å². The van der Waals surface area contributed by atoms with E-state index >= 15 is 0 Å². The fourth-order valence-corrected chi connectivity index (χ4v) is 2.28. The largest absolute Gasteiger partial charge is 0.447 e. The van der Waals surface area contributed by atoms with Crippen molar-refractivity contribution in [2.75, 3.05) is 0 Å². The minimum atomic E-state index is -3.76. The Hall–Kier alpha value is -1.22. The molecular weight excluding hydrogens is 262 g/mol. The molecule has 0 saturated carbocycles. The number of hydrogen-bond acceptors (Lipinski definition) is 6. The van der Waals surface area contributed by atoms with Gasteiger partial charge in [-0.1, -0.05) is 0 Å². The minimum Gasteiger partial charge on any atom is -0.447 e. The van der Waals surface area contributed by atoms with Crippen molar-refractivity contribution in [2.24, 2.45) is 5.14 Å². The highest BCUT2D eigenvalue weighted by Crippen LogP contribution is 2.12. The molecule has 8 heteroatoms. The number of nitrogens with zero attached hydrogens (tertiary/aromatic N) is 1. The number of aromatic nitrogens is 1. The maximum atomic E-state index is 11.0. The van der Waals surface area contributed by atoms with E-state index in [1.807, 2.05) is 5.38 Å². The van der Waals surface area contributed by atoms with Crippen LogP contribution < -0.4 is 10.5 Å². The van der Waals surface area contributed by atoms with Crippen molar-refractivity contribution < 1.29 is 12.8 Å². The Bertz CT molecular complexity index is 574. The first-order chi connectivity index (χ1) is 8.05. The standard InChI is InChI=1S/C9H11N3O3S2/c10-17(13,14)9-2-1-8(15-9)4-11-3-7-5-16-6-12-7/h1-2,5-6,11H,3-4H2,(H2,10,13,14). The van der Waals surface area contributed by atoms with Gasteiger partial charge < -0.3 is 9.73 Å². The van der Waals surface area contributed by atoms with Crippen LogP contribution in [0.2, 0.25) is 0 Å². The Labute approximate surface area is 103 Å². The first kappa shape index (κ1) is 12.2. The molecule has 6 nitrogen and oxygen atoms in total. The van der Waals surface area contributed by atoms with Gasteiger partial charge in [-0.05, 0) is 12.1 Å². The SMILES string of the molecule is NS(=O)(=O)c1ccc(CNCc2cscn2)o1. The number of rotatable bonds is 5. The molecular formula is C9H11N3O3S2. The lowest BCUT2D eigenvalue weighted by Crippen LogP contribution is -2.13. The molecule has 0 aliphatic carbocycles. The third-order valence-electron chi connectivity index (χ3n) is 2.01. The lowest BCUT2D eigenvalue weighted by molar-refractivity contribution is 0.402. The first-order valence-electron chi connectivity index (χ1n) is 4.75. The van der Waals surface area contributed by atoms with Gasteiger partial charge in [-0.15, -0.1) is 11.3 Å². The quantitative estimate of drug-likeness (QED) is 0.834. The molecule has 0 fully saturated rings. The molecule has 3 N–H and O–H groups in total. The van der Waals surface area contributed by atoms with Crippen molar-refractivity contribution in [3.63, 3.8) is 0 Å². The predicted molar refractivity (Wildman–Crippen MR) is 62.7 cm³/mol. The molecule has 0 aliphatic rings. The lowest BCUT2D eigenvalue weighted by Gasteiger charge is -1.99. The van der Waals surface area contributed by atoms with Gasteiger partial charge >= 0.3 is 0 Å². The van der Waals surface area contributed by atoms with Crippen LogP contribution >= 0.6 is 11.3 Å². The van der Waals surface area contributed by atoms with E-state index in [4.69, 9.17) is 9.56 Å². The van der Waals surface area contributed by atoms with E-state index in [0.29, 0.717) is 18.8 Å². The maximum Gasteiger partial charge on any atom is 0.271 e. The molecule has 92 valence electrons. The van der Waals surface area contributed by atoms with E-state index in [1.54, 1.807) is 11.6 Å². The molecule has 0 bridgehead atoms. The average molecular weight is 273 g/mol. The topological polar surface area (TPSA) is 98.2 Å². The van der Waals surface area contributed by atoms with Gasteiger partial charge in [-0.25, -0.2) is 18.5 Å². The van der Waals surface area contributed by atoms with Crippen LogP contribution in [0.15, 0.2) is 32.5 Å². The number of nitrogens with two attached hydrogens (primary N) is 1. The van der Waals surface area contributed by atoms with E-state index in [2.05, 4.69) is 10.3 Å². The van der Waals surface area contributed by atoms with E-state index in [9.17, 15) is 8.42 Å². The summed E-state index contributed by atoms with van der Waals surface area (Å²) in [6.07, 6.45) is 0. The second kappa shape index (κ2) is 4.96. The fraction of sp³-hybridized carbons (Fsp3) is 0.222. The molecule has 0 saturated heterocycles. The Balaban J connectivity index is 1.90. The smallest absolute Gasteiger partial charge is 0.271 e. The van der Waals surface area contributed by atoms with Crippen LogP contribution in [0, 0.1) is 0 Å². The zero-order valence-corrected chi connectivity index (χ0v) is 10.4. The number of sulfonamides is 1. The van der Waals surface area contributed by atoms with Gasteiger partial charge in [0.25, 0.3) is 10.0 Å². The van der Waals surface area contributed by atoms with Crippen LogP contribution in [-0.4, -0.2) is 13.4 Å². The van der Waals surface area contributed by atoms with Crippen LogP contribution in [0.4, 0.5) is 0 Å². The van der Waals surface area contributed by atoms with Crippen LogP contribution in [0.1, 0.15) is 11.5 Å². The van der Waals surface area contributed by atoms with Crippen molar-refractivity contribution in [3.8, 4) is 0 Å². The highest BCUT2D eigenvalue weighted by atomic mass is 32.2. The normalized spacial score (nSPS) is 11.8. The molecule has 0 spiro atoms. The third-order valence-corrected chi connectivity index (χ3v) is 3.42.